The summed E-state index contributed by atoms with van der Waals surface area (Å²) < 4.78 is 5.60. The number of aliphatic carboxylic acids is 1. The van der Waals surface area contributed by atoms with Crippen LogP contribution >= 0.6 is 11.6 Å². The molecule has 0 unspecified atom stereocenters. The molecule has 100 valence electrons. The van der Waals surface area contributed by atoms with Crippen molar-refractivity contribution in [1.82, 2.24) is 0 Å². The Morgan fingerprint density at radius 3 is 2.78 bits per heavy atom. The van der Waals surface area contributed by atoms with E-state index >= 15 is 0 Å². The number of hydrogen-bond acceptors (Lipinski definition) is 2. The van der Waals surface area contributed by atoms with Crippen LogP contribution < -0.4 is 4.74 Å². The molecule has 3 nitrogen and oxygen atoms in total. The van der Waals surface area contributed by atoms with Crippen molar-refractivity contribution in [3.05, 3.63) is 28.8 Å². The van der Waals surface area contributed by atoms with E-state index in [2.05, 4.69) is 6.92 Å². The van der Waals surface area contributed by atoms with E-state index in [4.69, 9.17) is 21.4 Å². The van der Waals surface area contributed by atoms with E-state index in [1.165, 1.54) is 0 Å². The summed E-state index contributed by atoms with van der Waals surface area (Å²) in [6, 6.07) is 5.67. The molecular weight excluding hydrogens is 252 g/mol. The van der Waals surface area contributed by atoms with Crippen LogP contribution in [-0.4, -0.2) is 17.7 Å². The first-order valence-corrected chi connectivity index (χ1v) is 6.64. The Balaban J connectivity index is 2.25. The molecule has 0 saturated carbocycles. The molecule has 0 heterocycles. The molecule has 0 bridgehead atoms. The fourth-order valence-electron chi connectivity index (χ4n) is 1.66. The van der Waals surface area contributed by atoms with Gasteiger partial charge in [-0.15, -0.1) is 0 Å². The molecule has 0 aliphatic rings. The van der Waals surface area contributed by atoms with Crippen LogP contribution in [0.2, 0.25) is 5.02 Å². The highest BCUT2D eigenvalue weighted by atomic mass is 35.5. The number of halogens is 1. The number of ether oxygens (including phenoxy) is 1. The summed E-state index contributed by atoms with van der Waals surface area (Å²) in [7, 11) is 0. The van der Waals surface area contributed by atoms with Crippen LogP contribution in [0.15, 0.2) is 18.2 Å². The minimum atomic E-state index is -0.735. The zero-order valence-corrected chi connectivity index (χ0v) is 11.4. The molecule has 4 heteroatoms. The molecule has 1 aromatic rings. The Labute approximate surface area is 113 Å². The number of aryl methyl sites for hydroxylation is 1. The molecule has 0 fully saturated rings. The first-order chi connectivity index (χ1) is 8.63. The van der Waals surface area contributed by atoms with Crippen LogP contribution in [0.25, 0.3) is 0 Å². The van der Waals surface area contributed by atoms with Gasteiger partial charge in [0, 0.05) is 11.4 Å². The van der Waals surface area contributed by atoms with Crippen LogP contribution in [0, 0.1) is 0 Å². The molecule has 18 heavy (non-hydrogen) atoms. The lowest BCUT2D eigenvalue weighted by atomic mass is 10.1. The lowest BCUT2D eigenvalue weighted by Gasteiger charge is -2.08. The second-order valence-corrected chi connectivity index (χ2v) is 4.57. The number of carbonyl (C=O) groups is 1. The van der Waals surface area contributed by atoms with Crippen molar-refractivity contribution in [3.8, 4) is 5.75 Å². The van der Waals surface area contributed by atoms with Gasteiger partial charge in [-0.3, -0.25) is 4.79 Å². The molecule has 0 saturated heterocycles. The number of hydrogen-bond donors (Lipinski definition) is 1. The van der Waals surface area contributed by atoms with Gasteiger partial charge in [0.2, 0.25) is 0 Å². The van der Waals surface area contributed by atoms with Crippen molar-refractivity contribution in [1.29, 1.82) is 0 Å². The monoisotopic (exact) mass is 270 g/mol. The summed E-state index contributed by atoms with van der Waals surface area (Å²) in [4.78, 5) is 10.3. The lowest BCUT2D eigenvalue weighted by Crippen LogP contribution is -1.99. The third-order valence-electron chi connectivity index (χ3n) is 2.70. The predicted octanol–water partition coefficient (Wildman–Crippen LogP) is 3.93. The minimum Gasteiger partial charge on any atom is -0.494 e. The van der Waals surface area contributed by atoms with Gasteiger partial charge in [-0.25, -0.2) is 0 Å². The predicted molar refractivity (Wildman–Crippen MR) is 72.4 cm³/mol. The number of benzene rings is 1. The summed E-state index contributed by atoms with van der Waals surface area (Å²) in [6.45, 7) is 2.67. The highest BCUT2D eigenvalue weighted by Gasteiger charge is 2.01. The zero-order valence-electron chi connectivity index (χ0n) is 10.6. The maximum atomic E-state index is 10.3. The standard InChI is InChI=1S/C14H19ClO3/c1-2-11-10-12(7-8-13(11)15)18-9-5-3-4-6-14(16)17/h7-8,10H,2-6,9H2,1H3,(H,16,17). The number of carboxylic acids is 1. The average molecular weight is 271 g/mol. The van der Waals surface area contributed by atoms with E-state index in [1.54, 1.807) is 0 Å². The van der Waals surface area contributed by atoms with Gasteiger partial charge in [0.25, 0.3) is 0 Å². The molecule has 0 aliphatic heterocycles. The second kappa shape index (κ2) is 7.98. The normalized spacial score (nSPS) is 10.3. The van der Waals surface area contributed by atoms with Crippen LogP contribution in [0.5, 0.6) is 5.75 Å². The fourth-order valence-corrected chi connectivity index (χ4v) is 1.91. The van der Waals surface area contributed by atoms with Gasteiger partial charge in [0.1, 0.15) is 5.75 Å². The summed E-state index contributed by atoms with van der Waals surface area (Å²) in [6.07, 6.45) is 3.58. The van der Waals surface area contributed by atoms with Crippen molar-refractivity contribution in [2.24, 2.45) is 0 Å². The van der Waals surface area contributed by atoms with E-state index in [0.717, 1.165) is 35.6 Å². The van der Waals surface area contributed by atoms with Crippen LogP contribution in [0.4, 0.5) is 0 Å². The van der Waals surface area contributed by atoms with E-state index in [9.17, 15) is 4.79 Å². The molecule has 1 N–H and O–H groups in total. The Kier molecular flexibility index (Phi) is 6.58. The van der Waals surface area contributed by atoms with E-state index < -0.39 is 5.97 Å². The molecule has 0 amide bonds. The van der Waals surface area contributed by atoms with Gasteiger partial charge in [0.05, 0.1) is 6.61 Å². The lowest BCUT2D eigenvalue weighted by molar-refractivity contribution is -0.137. The average Bonchev–Trinajstić information content (AvgIpc) is 2.35. The topological polar surface area (TPSA) is 46.5 Å². The smallest absolute Gasteiger partial charge is 0.303 e. The zero-order chi connectivity index (χ0) is 13.4. The first kappa shape index (κ1) is 14.8. The molecule has 1 rings (SSSR count). The molecule has 0 aromatic heterocycles. The molecule has 0 aliphatic carbocycles. The van der Waals surface area contributed by atoms with Crippen molar-refractivity contribution in [2.75, 3.05) is 6.61 Å². The van der Waals surface area contributed by atoms with E-state index in [-0.39, 0.29) is 6.42 Å². The van der Waals surface area contributed by atoms with Gasteiger partial charge in [-0.1, -0.05) is 18.5 Å². The van der Waals surface area contributed by atoms with E-state index in [1.807, 2.05) is 18.2 Å². The summed E-state index contributed by atoms with van der Waals surface area (Å²) in [5, 5.41) is 9.26. The number of unbranched alkanes of at least 4 members (excludes halogenated alkanes) is 2. The van der Waals surface area contributed by atoms with Gasteiger partial charge in [-0.05, 0) is 49.4 Å². The Morgan fingerprint density at radius 1 is 1.33 bits per heavy atom. The summed E-state index contributed by atoms with van der Waals surface area (Å²) in [5.41, 5.74) is 1.08. The largest absolute Gasteiger partial charge is 0.494 e. The maximum absolute atomic E-state index is 10.3. The van der Waals surface area contributed by atoms with Gasteiger partial charge < -0.3 is 9.84 Å². The van der Waals surface area contributed by atoms with Crippen LogP contribution in [0.1, 0.15) is 38.2 Å². The van der Waals surface area contributed by atoms with Crippen molar-refractivity contribution in [3.63, 3.8) is 0 Å². The first-order valence-electron chi connectivity index (χ1n) is 6.26. The highest BCUT2D eigenvalue weighted by molar-refractivity contribution is 6.31. The van der Waals surface area contributed by atoms with Gasteiger partial charge >= 0.3 is 5.97 Å². The molecule has 0 atom stereocenters. The fraction of sp³-hybridized carbons (Fsp3) is 0.500. The third kappa shape index (κ3) is 5.41. The maximum Gasteiger partial charge on any atom is 0.303 e. The SMILES string of the molecule is CCc1cc(OCCCCCC(=O)O)ccc1Cl. The van der Waals surface area contributed by atoms with Crippen molar-refractivity contribution >= 4 is 17.6 Å². The number of carboxylic acid groups (broad SMARTS) is 1. The Morgan fingerprint density at radius 2 is 2.11 bits per heavy atom. The Bertz CT molecular complexity index is 391. The quantitative estimate of drug-likeness (QED) is 0.728. The van der Waals surface area contributed by atoms with Crippen LogP contribution in [0.3, 0.4) is 0 Å². The minimum absolute atomic E-state index is 0.237. The molecule has 1 aromatic carbocycles. The van der Waals surface area contributed by atoms with Crippen molar-refractivity contribution in [2.45, 2.75) is 39.0 Å². The van der Waals surface area contributed by atoms with Gasteiger partial charge in [-0.2, -0.15) is 0 Å². The molecule has 0 radical (unpaired) electrons. The van der Waals surface area contributed by atoms with E-state index in [0.29, 0.717) is 13.0 Å². The molecular formula is C14H19ClO3. The summed E-state index contributed by atoms with van der Waals surface area (Å²) >= 11 is 6.02. The Hall–Kier alpha value is -1.22. The third-order valence-corrected chi connectivity index (χ3v) is 3.07. The molecule has 0 spiro atoms. The highest BCUT2D eigenvalue weighted by Crippen LogP contribution is 2.22. The number of rotatable bonds is 8. The summed E-state index contributed by atoms with van der Waals surface area (Å²) in [5.74, 6) is 0.0932. The van der Waals surface area contributed by atoms with Crippen molar-refractivity contribution < 1.29 is 14.6 Å². The van der Waals surface area contributed by atoms with Gasteiger partial charge in [0.15, 0.2) is 0 Å². The second-order valence-electron chi connectivity index (χ2n) is 4.16. The van der Waals surface area contributed by atoms with Crippen LogP contribution in [-0.2, 0) is 11.2 Å².